The van der Waals surface area contributed by atoms with Gasteiger partial charge in [-0.25, -0.2) is 4.39 Å². The third kappa shape index (κ3) is 4.52. The molecular weight excluding hydrogens is 249 g/mol. The zero-order valence-electron chi connectivity index (χ0n) is 11.5. The lowest BCUT2D eigenvalue weighted by Crippen LogP contribution is -2.24. The summed E-state index contributed by atoms with van der Waals surface area (Å²) in [4.78, 5) is 11.5. The zero-order valence-corrected chi connectivity index (χ0v) is 11.5. The topological polar surface area (TPSA) is 47.6 Å². The maximum absolute atomic E-state index is 13.7. The van der Waals surface area contributed by atoms with E-state index in [0.717, 1.165) is 0 Å². The first-order valence-electron chi connectivity index (χ1n) is 6.34. The molecule has 19 heavy (non-hydrogen) atoms. The minimum absolute atomic E-state index is 0.174. The van der Waals surface area contributed by atoms with Crippen molar-refractivity contribution in [2.24, 2.45) is 0 Å². The third-order valence-electron chi connectivity index (χ3n) is 2.70. The van der Waals surface area contributed by atoms with Gasteiger partial charge in [0.2, 0.25) is 0 Å². The van der Waals surface area contributed by atoms with Crippen molar-refractivity contribution in [3.63, 3.8) is 0 Å². The lowest BCUT2D eigenvalue weighted by atomic mass is 10.0. The lowest BCUT2D eigenvalue weighted by Gasteiger charge is -2.18. The highest BCUT2D eigenvalue weighted by Gasteiger charge is 2.17. The van der Waals surface area contributed by atoms with Gasteiger partial charge in [-0.15, -0.1) is 0 Å². The van der Waals surface area contributed by atoms with E-state index in [1.54, 1.807) is 19.1 Å². The monoisotopic (exact) mass is 269 g/mol. The molecule has 0 radical (unpaired) electrons. The molecule has 1 N–H and O–H groups in total. The summed E-state index contributed by atoms with van der Waals surface area (Å²) >= 11 is 0. The predicted octanol–water partition coefficient (Wildman–Crippen LogP) is 2.44. The van der Waals surface area contributed by atoms with Crippen molar-refractivity contribution in [2.75, 3.05) is 20.3 Å². The average molecular weight is 269 g/mol. The lowest BCUT2D eigenvalue weighted by molar-refractivity contribution is -0.143. The highest BCUT2D eigenvalue weighted by Crippen LogP contribution is 2.24. The van der Waals surface area contributed by atoms with Crippen molar-refractivity contribution in [2.45, 2.75) is 26.3 Å². The van der Waals surface area contributed by atoms with Crippen molar-refractivity contribution >= 4 is 5.97 Å². The fourth-order valence-corrected chi connectivity index (χ4v) is 1.84. The summed E-state index contributed by atoms with van der Waals surface area (Å²) < 4.78 is 23.5. The minimum Gasteiger partial charge on any atom is -0.494 e. The number of rotatable bonds is 7. The van der Waals surface area contributed by atoms with Gasteiger partial charge in [-0.05, 0) is 31.2 Å². The molecule has 0 aliphatic carbocycles. The van der Waals surface area contributed by atoms with Gasteiger partial charge in [0.15, 0.2) is 11.6 Å². The van der Waals surface area contributed by atoms with Crippen LogP contribution >= 0.6 is 0 Å². The van der Waals surface area contributed by atoms with Crippen LogP contribution in [0.1, 0.15) is 31.9 Å². The molecule has 0 fully saturated rings. The van der Waals surface area contributed by atoms with E-state index < -0.39 is 5.82 Å². The molecular formula is C14H20FNO3. The molecule has 4 nitrogen and oxygen atoms in total. The Morgan fingerprint density at radius 1 is 1.42 bits per heavy atom. The molecule has 1 rings (SSSR count). The molecule has 0 spiro atoms. The van der Waals surface area contributed by atoms with Gasteiger partial charge in [0.25, 0.3) is 0 Å². The quantitative estimate of drug-likeness (QED) is 0.772. The summed E-state index contributed by atoms with van der Waals surface area (Å²) in [6.07, 6.45) is 0.174. The number of carbonyl (C=O) groups excluding carboxylic acids is 1. The van der Waals surface area contributed by atoms with Gasteiger partial charge in [0, 0.05) is 6.04 Å². The van der Waals surface area contributed by atoms with E-state index in [1.165, 1.54) is 13.2 Å². The van der Waals surface area contributed by atoms with E-state index >= 15 is 0 Å². The Bertz CT molecular complexity index is 423. The first-order valence-corrected chi connectivity index (χ1v) is 6.34. The smallest absolute Gasteiger partial charge is 0.307 e. The molecule has 0 aromatic heterocycles. The first-order chi connectivity index (χ1) is 9.12. The number of esters is 1. The molecule has 0 heterocycles. The molecule has 1 aromatic carbocycles. The largest absolute Gasteiger partial charge is 0.494 e. The van der Waals surface area contributed by atoms with Crippen LogP contribution in [0.3, 0.4) is 0 Å². The molecule has 0 amide bonds. The minimum atomic E-state index is -0.438. The zero-order chi connectivity index (χ0) is 14.3. The molecule has 0 saturated carbocycles. The molecule has 0 aliphatic heterocycles. The highest BCUT2D eigenvalue weighted by molar-refractivity contribution is 5.70. The first kappa shape index (κ1) is 15.4. The summed E-state index contributed by atoms with van der Waals surface area (Å²) in [5.74, 6) is -0.549. The number of methoxy groups -OCH3 is 1. The van der Waals surface area contributed by atoms with Crippen LogP contribution in [0.2, 0.25) is 0 Å². The van der Waals surface area contributed by atoms with Crippen molar-refractivity contribution in [1.82, 2.24) is 5.32 Å². The Morgan fingerprint density at radius 2 is 2.16 bits per heavy atom. The maximum Gasteiger partial charge on any atom is 0.307 e. The van der Waals surface area contributed by atoms with Crippen LogP contribution in [0.15, 0.2) is 18.2 Å². The van der Waals surface area contributed by atoms with Crippen LogP contribution in [-0.2, 0) is 9.53 Å². The molecule has 0 aliphatic rings. The standard InChI is InChI=1S/C14H20FNO3/c1-4-16-12(9-14(17)19-5-2)10-6-7-13(18-3)11(15)8-10/h6-8,12,16H,4-5,9H2,1-3H3. The van der Waals surface area contributed by atoms with Gasteiger partial charge >= 0.3 is 5.97 Å². The SMILES string of the molecule is CCNC(CC(=O)OCC)c1ccc(OC)c(F)c1. The van der Waals surface area contributed by atoms with Crippen LogP contribution in [0.25, 0.3) is 0 Å². The molecule has 0 bridgehead atoms. The summed E-state index contributed by atoms with van der Waals surface area (Å²) in [5, 5.41) is 3.14. The Kier molecular flexibility index (Phi) is 6.29. The van der Waals surface area contributed by atoms with E-state index in [1.807, 2.05) is 6.92 Å². The van der Waals surface area contributed by atoms with Crippen molar-refractivity contribution < 1.29 is 18.7 Å². The maximum atomic E-state index is 13.7. The molecule has 5 heteroatoms. The van der Waals surface area contributed by atoms with Gasteiger partial charge in [0.1, 0.15) is 0 Å². The van der Waals surface area contributed by atoms with E-state index in [9.17, 15) is 9.18 Å². The Labute approximate surface area is 112 Å². The number of hydrogen-bond acceptors (Lipinski definition) is 4. The molecule has 1 unspecified atom stereocenters. The molecule has 106 valence electrons. The molecule has 1 aromatic rings. The summed E-state index contributed by atoms with van der Waals surface area (Å²) in [5.41, 5.74) is 0.702. The van der Waals surface area contributed by atoms with Gasteiger partial charge in [-0.1, -0.05) is 13.0 Å². The van der Waals surface area contributed by atoms with E-state index in [0.29, 0.717) is 18.7 Å². The summed E-state index contributed by atoms with van der Waals surface area (Å²) in [6.45, 7) is 4.71. The second-order valence-electron chi connectivity index (χ2n) is 4.01. The Morgan fingerprint density at radius 3 is 2.68 bits per heavy atom. The number of hydrogen-bond donors (Lipinski definition) is 1. The summed E-state index contributed by atoms with van der Waals surface area (Å²) in [7, 11) is 1.42. The Hall–Kier alpha value is -1.62. The third-order valence-corrected chi connectivity index (χ3v) is 2.70. The van der Waals surface area contributed by atoms with Gasteiger partial charge in [0.05, 0.1) is 20.1 Å². The molecule has 1 atom stereocenters. The number of benzene rings is 1. The van der Waals surface area contributed by atoms with E-state index in [4.69, 9.17) is 9.47 Å². The number of halogens is 1. The van der Waals surface area contributed by atoms with Crippen LogP contribution in [-0.4, -0.2) is 26.2 Å². The predicted molar refractivity (Wildman–Crippen MR) is 70.6 cm³/mol. The van der Waals surface area contributed by atoms with Crippen LogP contribution < -0.4 is 10.1 Å². The normalized spacial score (nSPS) is 12.0. The van der Waals surface area contributed by atoms with Crippen molar-refractivity contribution in [3.05, 3.63) is 29.6 Å². The van der Waals surface area contributed by atoms with Crippen molar-refractivity contribution in [3.8, 4) is 5.75 Å². The number of carbonyl (C=O) groups is 1. The Balaban J connectivity index is 2.86. The molecule has 0 saturated heterocycles. The average Bonchev–Trinajstić information content (AvgIpc) is 2.38. The second-order valence-corrected chi connectivity index (χ2v) is 4.01. The van der Waals surface area contributed by atoms with Crippen molar-refractivity contribution in [1.29, 1.82) is 0 Å². The fraction of sp³-hybridized carbons (Fsp3) is 0.500. The van der Waals surface area contributed by atoms with Crippen LogP contribution in [0, 0.1) is 5.82 Å². The number of ether oxygens (including phenoxy) is 2. The number of nitrogens with one attached hydrogen (secondary N) is 1. The van der Waals surface area contributed by atoms with Gasteiger partial charge in [-0.3, -0.25) is 4.79 Å². The van der Waals surface area contributed by atoms with Gasteiger partial charge < -0.3 is 14.8 Å². The fourth-order valence-electron chi connectivity index (χ4n) is 1.84. The van der Waals surface area contributed by atoms with E-state index in [-0.39, 0.29) is 24.2 Å². The van der Waals surface area contributed by atoms with Gasteiger partial charge in [-0.2, -0.15) is 0 Å². The van der Waals surface area contributed by atoms with E-state index in [2.05, 4.69) is 5.32 Å². The van der Waals surface area contributed by atoms with Crippen LogP contribution in [0.5, 0.6) is 5.75 Å². The van der Waals surface area contributed by atoms with Crippen LogP contribution in [0.4, 0.5) is 4.39 Å². The second kappa shape index (κ2) is 7.74. The highest BCUT2D eigenvalue weighted by atomic mass is 19.1. The summed E-state index contributed by atoms with van der Waals surface area (Å²) in [6, 6.07) is 4.42.